The predicted octanol–water partition coefficient (Wildman–Crippen LogP) is 1.45. The van der Waals surface area contributed by atoms with E-state index >= 15 is 0 Å². The molecule has 5 nitrogen and oxygen atoms in total. The summed E-state index contributed by atoms with van der Waals surface area (Å²) in [4.78, 5) is 11.4. The number of hydrogen-bond acceptors (Lipinski definition) is 5. The first-order chi connectivity index (χ1) is 9.38. The van der Waals surface area contributed by atoms with Crippen LogP contribution in [0.5, 0.6) is 5.88 Å². The zero-order valence-corrected chi connectivity index (χ0v) is 11.5. The molecular weight excluding hydrogens is 240 g/mol. The van der Waals surface area contributed by atoms with Crippen molar-refractivity contribution >= 4 is 5.95 Å². The molecule has 1 N–H and O–H groups in total. The first-order valence-electron chi connectivity index (χ1n) is 7.31. The maximum atomic E-state index is 5.60. The molecule has 2 saturated heterocycles. The average molecular weight is 262 g/mol. The van der Waals surface area contributed by atoms with Crippen LogP contribution in [0.2, 0.25) is 0 Å². The van der Waals surface area contributed by atoms with Crippen LogP contribution < -0.4 is 15.0 Å². The molecule has 104 valence electrons. The molecule has 1 aromatic rings. The second-order valence-corrected chi connectivity index (χ2v) is 5.36. The summed E-state index contributed by atoms with van der Waals surface area (Å²) in [6.07, 6.45) is 5.35. The van der Waals surface area contributed by atoms with E-state index in [4.69, 9.17) is 4.74 Å². The molecule has 3 rings (SSSR count). The molecule has 19 heavy (non-hydrogen) atoms. The normalized spacial score (nSPS) is 26.3. The molecular formula is C14H22N4O. The minimum Gasteiger partial charge on any atom is -0.478 e. The lowest BCUT2D eigenvalue weighted by molar-refractivity contribution is 0.303. The van der Waals surface area contributed by atoms with Crippen LogP contribution in [0.15, 0.2) is 12.3 Å². The Hall–Kier alpha value is -1.36. The van der Waals surface area contributed by atoms with Crippen LogP contribution in [0.3, 0.4) is 0 Å². The highest BCUT2D eigenvalue weighted by molar-refractivity contribution is 5.35. The summed E-state index contributed by atoms with van der Waals surface area (Å²) < 4.78 is 5.60. The molecule has 2 atom stereocenters. The molecule has 0 aliphatic carbocycles. The smallest absolute Gasteiger partial charge is 0.228 e. The summed E-state index contributed by atoms with van der Waals surface area (Å²) in [5, 5.41) is 3.48. The van der Waals surface area contributed by atoms with Crippen molar-refractivity contribution in [3.63, 3.8) is 0 Å². The highest BCUT2D eigenvalue weighted by Crippen LogP contribution is 2.29. The summed E-state index contributed by atoms with van der Waals surface area (Å²) in [6, 6.07) is 2.39. The number of nitrogens with zero attached hydrogens (tertiary/aromatic N) is 3. The van der Waals surface area contributed by atoms with Crippen molar-refractivity contribution in [3.8, 4) is 5.88 Å². The summed E-state index contributed by atoms with van der Waals surface area (Å²) in [6.45, 7) is 6.05. The van der Waals surface area contributed by atoms with Gasteiger partial charge < -0.3 is 15.0 Å². The van der Waals surface area contributed by atoms with Crippen LogP contribution in [0.1, 0.15) is 26.2 Å². The quantitative estimate of drug-likeness (QED) is 0.890. The predicted molar refractivity (Wildman–Crippen MR) is 74.5 cm³/mol. The maximum absolute atomic E-state index is 5.60. The van der Waals surface area contributed by atoms with Gasteiger partial charge in [-0.2, -0.15) is 4.98 Å². The van der Waals surface area contributed by atoms with Gasteiger partial charge in [-0.15, -0.1) is 0 Å². The van der Waals surface area contributed by atoms with E-state index in [0.29, 0.717) is 18.5 Å². The van der Waals surface area contributed by atoms with E-state index in [0.717, 1.165) is 37.9 Å². The van der Waals surface area contributed by atoms with Gasteiger partial charge in [0.15, 0.2) is 0 Å². The molecule has 1 aromatic heterocycles. The van der Waals surface area contributed by atoms with Crippen LogP contribution in [-0.2, 0) is 0 Å². The van der Waals surface area contributed by atoms with Gasteiger partial charge in [0.2, 0.25) is 11.8 Å². The Labute approximate surface area is 114 Å². The second kappa shape index (κ2) is 5.74. The SMILES string of the molecule is CCCOc1ccnc(N2CCCC3CNCC32)n1. The molecule has 0 saturated carbocycles. The maximum Gasteiger partial charge on any atom is 0.228 e. The topological polar surface area (TPSA) is 50.3 Å². The van der Waals surface area contributed by atoms with Crippen molar-refractivity contribution in [2.45, 2.75) is 32.2 Å². The lowest BCUT2D eigenvalue weighted by Crippen LogP contribution is -2.46. The molecule has 0 radical (unpaired) electrons. The first kappa shape index (κ1) is 12.7. The van der Waals surface area contributed by atoms with Gasteiger partial charge in [-0.25, -0.2) is 4.98 Å². The third kappa shape index (κ3) is 2.66. The van der Waals surface area contributed by atoms with Crippen molar-refractivity contribution in [1.29, 1.82) is 0 Å². The number of nitrogens with one attached hydrogen (secondary N) is 1. The number of hydrogen-bond donors (Lipinski definition) is 1. The summed E-state index contributed by atoms with van der Waals surface area (Å²) in [7, 11) is 0. The number of aromatic nitrogens is 2. The Bertz CT molecular complexity index is 426. The van der Waals surface area contributed by atoms with Crippen molar-refractivity contribution in [3.05, 3.63) is 12.3 Å². The van der Waals surface area contributed by atoms with E-state index in [1.807, 2.05) is 6.07 Å². The molecule has 0 aromatic carbocycles. The fourth-order valence-corrected chi connectivity index (χ4v) is 3.07. The minimum absolute atomic E-state index is 0.551. The highest BCUT2D eigenvalue weighted by Gasteiger charge is 2.36. The van der Waals surface area contributed by atoms with E-state index in [1.165, 1.54) is 12.8 Å². The second-order valence-electron chi connectivity index (χ2n) is 5.36. The van der Waals surface area contributed by atoms with Gasteiger partial charge >= 0.3 is 0 Å². The van der Waals surface area contributed by atoms with Crippen LogP contribution >= 0.6 is 0 Å². The standard InChI is InChI=1S/C14H22N4O/c1-2-8-19-13-5-6-16-14(17-13)18-7-3-4-11-9-15-10-12(11)18/h5-6,11-12,15H,2-4,7-10H2,1H3. The highest BCUT2D eigenvalue weighted by atomic mass is 16.5. The van der Waals surface area contributed by atoms with Gasteiger partial charge in [0.1, 0.15) is 0 Å². The van der Waals surface area contributed by atoms with Gasteiger partial charge in [0.25, 0.3) is 0 Å². The molecule has 3 heterocycles. The number of ether oxygens (including phenoxy) is 1. The molecule has 2 unspecified atom stereocenters. The number of piperidine rings is 1. The van der Waals surface area contributed by atoms with Crippen LogP contribution in [-0.4, -0.2) is 42.3 Å². The molecule has 0 bridgehead atoms. The zero-order chi connectivity index (χ0) is 13.1. The Balaban J connectivity index is 1.76. The van der Waals surface area contributed by atoms with Gasteiger partial charge in [-0.05, 0) is 25.2 Å². The average Bonchev–Trinajstić information content (AvgIpc) is 2.93. The Kier molecular flexibility index (Phi) is 3.82. The van der Waals surface area contributed by atoms with E-state index in [9.17, 15) is 0 Å². The van der Waals surface area contributed by atoms with Crippen LogP contribution in [0, 0.1) is 5.92 Å². The molecule has 2 fully saturated rings. The van der Waals surface area contributed by atoms with Crippen molar-refractivity contribution < 1.29 is 4.74 Å². The monoisotopic (exact) mass is 262 g/mol. The lowest BCUT2D eigenvalue weighted by Gasteiger charge is -2.37. The number of anilines is 1. The Morgan fingerprint density at radius 2 is 2.42 bits per heavy atom. The summed E-state index contributed by atoms with van der Waals surface area (Å²) in [5.74, 6) is 2.27. The summed E-state index contributed by atoms with van der Waals surface area (Å²) in [5.41, 5.74) is 0. The van der Waals surface area contributed by atoms with Crippen molar-refractivity contribution in [2.24, 2.45) is 5.92 Å². The van der Waals surface area contributed by atoms with Crippen molar-refractivity contribution in [2.75, 3.05) is 31.1 Å². The molecule has 0 spiro atoms. The fraction of sp³-hybridized carbons (Fsp3) is 0.714. The van der Waals surface area contributed by atoms with Crippen molar-refractivity contribution in [1.82, 2.24) is 15.3 Å². The summed E-state index contributed by atoms with van der Waals surface area (Å²) >= 11 is 0. The van der Waals surface area contributed by atoms with Gasteiger partial charge in [-0.3, -0.25) is 0 Å². The molecule has 5 heteroatoms. The number of fused-ring (bicyclic) bond motifs is 1. The number of rotatable bonds is 4. The van der Waals surface area contributed by atoms with E-state index < -0.39 is 0 Å². The van der Waals surface area contributed by atoms with E-state index in [-0.39, 0.29) is 0 Å². The molecule has 2 aliphatic heterocycles. The largest absolute Gasteiger partial charge is 0.478 e. The van der Waals surface area contributed by atoms with Crippen LogP contribution in [0.4, 0.5) is 5.95 Å². The molecule has 0 amide bonds. The van der Waals surface area contributed by atoms with Gasteiger partial charge in [0.05, 0.1) is 6.61 Å². The van der Waals surface area contributed by atoms with Crippen LogP contribution in [0.25, 0.3) is 0 Å². The van der Waals surface area contributed by atoms with E-state index in [2.05, 4.69) is 27.1 Å². The first-order valence-corrected chi connectivity index (χ1v) is 7.31. The lowest BCUT2D eigenvalue weighted by atomic mass is 9.92. The Morgan fingerprint density at radius 3 is 3.32 bits per heavy atom. The minimum atomic E-state index is 0.551. The zero-order valence-electron chi connectivity index (χ0n) is 11.5. The fourth-order valence-electron chi connectivity index (χ4n) is 3.07. The van der Waals surface area contributed by atoms with Gasteiger partial charge in [-0.1, -0.05) is 6.92 Å². The third-order valence-electron chi connectivity index (χ3n) is 4.01. The molecule has 2 aliphatic rings. The van der Waals surface area contributed by atoms with E-state index in [1.54, 1.807) is 6.20 Å². The third-order valence-corrected chi connectivity index (χ3v) is 4.01. The van der Waals surface area contributed by atoms with Gasteiger partial charge in [0, 0.05) is 37.9 Å². The Morgan fingerprint density at radius 1 is 1.47 bits per heavy atom.